The molecule has 0 spiro atoms. The normalized spacial score (nSPS) is 12.0. The molecule has 1 atom stereocenters. The average molecular weight is 252 g/mol. The van der Waals surface area contributed by atoms with Gasteiger partial charge in [0.15, 0.2) is 0 Å². The summed E-state index contributed by atoms with van der Waals surface area (Å²) >= 11 is 0. The van der Waals surface area contributed by atoms with Crippen molar-refractivity contribution in [3.8, 4) is 0 Å². The molecule has 0 saturated heterocycles. The van der Waals surface area contributed by atoms with Crippen LogP contribution in [0.4, 0.5) is 11.4 Å². The van der Waals surface area contributed by atoms with Gasteiger partial charge in [-0.15, -0.1) is 0 Å². The lowest BCUT2D eigenvalue weighted by Gasteiger charge is -2.27. The van der Waals surface area contributed by atoms with Crippen molar-refractivity contribution in [1.29, 1.82) is 0 Å². The molecule has 2 N–H and O–H groups in total. The maximum Gasteiger partial charge on any atom is 0.337 e. The SMILES string of the molecule is COCC(C)N(C)c1ccc(C(=O)OC)cc1N. The molecule has 1 rings (SSSR count). The minimum Gasteiger partial charge on any atom is -0.465 e. The number of nitrogens with two attached hydrogens (primary N) is 1. The number of carbonyl (C=O) groups excluding carboxylic acids is 1. The highest BCUT2D eigenvalue weighted by Gasteiger charge is 2.14. The number of methoxy groups -OCH3 is 2. The molecule has 0 amide bonds. The summed E-state index contributed by atoms with van der Waals surface area (Å²) in [6.07, 6.45) is 0. The van der Waals surface area contributed by atoms with E-state index in [1.807, 2.05) is 24.9 Å². The van der Waals surface area contributed by atoms with E-state index in [2.05, 4.69) is 4.74 Å². The first-order chi connectivity index (χ1) is 8.51. The Kier molecular flexibility index (Phi) is 4.97. The molecule has 100 valence electrons. The summed E-state index contributed by atoms with van der Waals surface area (Å²) < 4.78 is 9.76. The molecule has 0 aliphatic heterocycles. The van der Waals surface area contributed by atoms with E-state index in [1.54, 1.807) is 19.2 Å². The molecule has 5 nitrogen and oxygen atoms in total. The van der Waals surface area contributed by atoms with Crippen LogP contribution in [-0.2, 0) is 9.47 Å². The Morgan fingerprint density at radius 2 is 2.11 bits per heavy atom. The number of esters is 1. The summed E-state index contributed by atoms with van der Waals surface area (Å²) in [4.78, 5) is 13.4. The van der Waals surface area contributed by atoms with Crippen molar-refractivity contribution in [2.75, 3.05) is 38.5 Å². The zero-order valence-corrected chi connectivity index (χ0v) is 11.3. The maximum atomic E-state index is 11.4. The van der Waals surface area contributed by atoms with E-state index in [9.17, 15) is 4.79 Å². The van der Waals surface area contributed by atoms with E-state index in [4.69, 9.17) is 10.5 Å². The largest absolute Gasteiger partial charge is 0.465 e. The van der Waals surface area contributed by atoms with Crippen molar-refractivity contribution >= 4 is 17.3 Å². The molecule has 5 heteroatoms. The zero-order chi connectivity index (χ0) is 13.7. The number of likely N-dealkylation sites (N-methyl/N-ethyl adjacent to an activating group) is 1. The third-order valence-corrected chi connectivity index (χ3v) is 2.90. The number of hydrogen-bond donors (Lipinski definition) is 1. The zero-order valence-electron chi connectivity index (χ0n) is 11.3. The van der Waals surface area contributed by atoms with Gasteiger partial charge in [-0.3, -0.25) is 0 Å². The summed E-state index contributed by atoms with van der Waals surface area (Å²) in [5.74, 6) is -0.388. The number of anilines is 2. The fourth-order valence-electron chi connectivity index (χ4n) is 1.71. The molecule has 1 aromatic rings. The second kappa shape index (κ2) is 6.26. The molecule has 0 aliphatic carbocycles. The highest BCUT2D eigenvalue weighted by molar-refractivity contribution is 5.91. The number of nitrogen functional groups attached to an aromatic ring is 1. The number of ether oxygens (including phenoxy) is 2. The van der Waals surface area contributed by atoms with E-state index in [0.29, 0.717) is 17.9 Å². The van der Waals surface area contributed by atoms with Gasteiger partial charge in [0.1, 0.15) is 0 Å². The fraction of sp³-hybridized carbons (Fsp3) is 0.462. The highest BCUT2D eigenvalue weighted by atomic mass is 16.5. The minimum absolute atomic E-state index is 0.196. The van der Waals surface area contributed by atoms with Crippen molar-refractivity contribution < 1.29 is 14.3 Å². The van der Waals surface area contributed by atoms with Gasteiger partial charge in [0.2, 0.25) is 0 Å². The van der Waals surface area contributed by atoms with Crippen LogP contribution in [0.5, 0.6) is 0 Å². The molecule has 1 aromatic carbocycles. The third-order valence-electron chi connectivity index (χ3n) is 2.90. The van der Waals surface area contributed by atoms with Crippen LogP contribution in [-0.4, -0.2) is 39.9 Å². The Morgan fingerprint density at radius 3 is 2.61 bits per heavy atom. The van der Waals surface area contributed by atoms with E-state index >= 15 is 0 Å². The van der Waals surface area contributed by atoms with Crippen molar-refractivity contribution in [2.24, 2.45) is 0 Å². The summed E-state index contributed by atoms with van der Waals surface area (Å²) in [5, 5.41) is 0. The quantitative estimate of drug-likeness (QED) is 0.636. The van der Waals surface area contributed by atoms with Crippen molar-refractivity contribution in [2.45, 2.75) is 13.0 Å². The Labute approximate surface area is 107 Å². The van der Waals surface area contributed by atoms with Crippen LogP contribution in [0, 0.1) is 0 Å². The van der Waals surface area contributed by atoms with Gasteiger partial charge in [-0.2, -0.15) is 0 Å². The van der Waals surface area contributed by atoms with Crippen molar-refractivity contribution in [1.82, 2.24) is 0 Å². The second-order valence-electron chi connectivity index (χ2n) is 4.18. The van der Waals surface area contributed by atoms with Crippen LogP contribution < -0.4 is 10.6 Å². The van der Waals surface area contributed by atoms with Crippen LogP contribution in [0.25, 0.3) is 0 Å². The van der Waals surface area contributed by atoms with E-state index in [-0.39, 0.29) is 12.0 Å². The number of rotatable bonds is 5. The Balaban J connectivity index is 2.94. The lowest BCUT2D eigenvalue weighted by Crippen LogP contribution is -2.33. The van der Waals surface area contributed by atoms with Gasteiger partial charge in [-0.05, 0) is 25.1 Å². The number of carbonyl (C=O) groups is 1. The van der Waals surface area contributed by atoms with E-state index < -0.39 is 0 Å². The van der Waals surface area contributed by atoms with Crippen molar-refractivity contribution in [3.63, 3.8) is 0 Å². The summed E-state index contributed by atoms with van der Waals surface area (Å²) in [7, 11) is 4.94. The van der Waals surface area contributed by atoms with Crippen LogP contribution >= 0.6 is 0 Å². The standard InChI is InChI=1S/C13H20N2O3/c1-9(8-17-3)15(2)12-6-5-10(7-11(12)14)13(16)18-4/h5-7,9H,8,14H2,1-4H3. The van der Waals surface area contributed by atoms with Gasteiger partial charge in [0.05, 0.1) is 30.7 Å². The molecule has 0 fully saturated rings. The van der Waals surface area contributed by atoms with Gasteiger partial charge in [-0.1, -0.05) is 0 Å². The molecule has 1 unspecified atom stereocenters. The smallest absolute Gasteiger partial charge is 0.337 e. The van der Waals surface area contributed by atoms with E-state index in [0.717, 1.165) is 5.69 Å². The number of hydrogen-bond acceptors (Lipinski definition) is 5. The number of nitrogens with zero attached hydrogens (tertiary/aromatic N) is 1. The topological polar surface area (TPSA) is 64.8 Å². The molecule has 0 bridgehead atoms. The molecule has 18 heavy (non-hydrogen) atoms. The molecular formula is C13H20N2O3. The van der Waals surface area contributed by atoms with E-state index in [1.165, 1.54) is 7.11 Å². The van der Waals surface area contributed by atoms with Gasteiger partial charge in [0.25, 0.3) is 0 Å². The van der Waals surface area contributed by atoms with Gasteiger partial charge in [-0.25, -0.2) is 4.79 Å². The Morgan fingerprint density at radius 1 is 1.44 bits per heavy atom. The second-order valence-corrected chi connectivity index (χ2v) is 4.18. The predicted octanol–water partition coefficient (Wildman–Crippen LogP) is 1.53. The Hall–Kier alpha value is -1.75. The summed E-state index contributed by atoms with van der Waals surface area (Å²) in [6.45, 7) is 2.64. The maximum absolute atomic E-state index is 11.4. The molecule has 0 saturated carbocycles. The van der Waals surface area contributed by atoms with Crippen LogP contribution in [0.1, 0.15) is 17.3 Å². The monoisotopic (exact) mass is 252 g/mol. The lowest BCUT2D eigenvalue weighted by atomic mass is 10.1. The van der Waals surface area contributed by atoms with Crippen molar-refractivity contribution in [3.05, 3.63) is 23.8 Å². The summed E-state index contributed by atoms with van der Waals surface area (Å²) in [5.41, 5.74) is 7.82. The predicted molar refractivity (Wildman–Crippen MR) is 71.9 cm³/mol. The first-order valence-corrected chi connectivity index (χ1v) is 5.70. The average Bonchev–Trinajstić information content (AvgIpc) is 2.37. The molecular weight excluding hydrogens is 232 g/mol. The first-order valence-electron chi connectivity index (χ1n) is 5.70. The highest BCUT2D eigenvalue weighted by Crippen LogP contribution is 2.25. The van der Waals surface area contributed by atoms with Gasteiger partial charge >= 0.3 is 5.97 Å². The molecule has 0 aromatic heterocycles. The van der Waals surface area contributed by atoms with Gasteiger partial charge < -0.3 is 20.1 Å². The van der Waals surface area contributed by atoms with Crippen LogP contribution in [0.3, 0.4) is 0 Å². The van der Waals surface area contributed by atoms with Crippen LogP contribution in [0.2, 0.25) is 0 Å². The lowest BCUT2D eigenvalue weighted by molar-refractivity contribution is 0.0601. The first kappa shape index (κ1) is 14.3. The minimum atomic E-state index is -0.388. The summed E-state index contributed by atoms with van der Waals surface area (Å²) in [6, 6.07) is 5.33. The fourth-order valence-corrected chi connectivity index (χ4v) is 1.71. The molecule has 0 aliphatic rings. The number of benzene rings is 1. The molecule has 0 radical (unpaired) electrons. The Bertz CT molecular complexity index is 421. The third kappa shape index (κ3) is 3.13. The molecule has 0 heterocycles. The van der Waals surface area contributed by atoms with Crippen LogP contribution in [0.15, 0.2) is 18.2 Å². The van der Waals surface area contributed by atoms with Gasteiger partial charge in [0, 0.05) is 20.2 Å².